The molecule has 2 N–H and O–H groups in total. The number of carbonyl (C=O) groups is 1. The van der Waals surface area contributed by atoms with Gasteiger partial charge >= 0.3 is 0 Å². The lowest BCUT2D eigenvalue weighted by molar-refractivity contribution is -0.115. The van der Waals surface area contributed by atoms with Crippen LogP contribution in [0.3, 0.4) is 0 Å². The summed E-state index contributed by atoms with van der Waals surface area (Å²) in [6.07, 6.45) is 1.86. The number of carbonyl (C=O) groups excluding carboxylic acids is 1. The molecule has 0 aliphatic heterocycles. The molecule has 3 rings (SSSR count). The van der Waals surface area contributed by atoms with Gasteiger partial charge in [-0.05, 0) is 49.2 Å². The van der Waals surface area contributed by atoms with Gasteiger partial charge in [0, 0.05) is 17.6 Å². The molecule has 5 heteroatoms. The molecule has 0 spiro atoms. The number of nitrogens with zero attached hydrogens (tertiary/aromatic N) is 1. The van der Waals surface area contributed by atoms with Crippen molar-refractivity contribution in [2.24, 2.45) is 0 Å². The minimum absolute atomic E-state index is 0.0404. The molecule has 0 saturated heterocycles. The molecule has 1 heterocycles. The summed E-state index contributed by atoms with van der Waals surface area (Å²) in [6.45, 7) is 3.97. The number of aromatic nitrogens is 2. The van der Waals surface area contributed by atoms with E-state index < -0.39 is 0 Å². The highest BCUT2D eigenvalue weighted by Gasteiger charge is 2.10. The Kier molecular flexibility index (Phi) is 5.14. The van der Waals surface area contributed by atoms with Gasteiger partial charge in [0.15, 0.2) is 0 Å². The first-order valence-electron chi connectivity index (χ1n) is 8.22. The molecule has 5 nitrogen and oxygen atoms in total. The van der Waals surface area contributed by atoms with E-state index in [1.165, 1.54) is 0 Å². The molecule has 1 aromatic heterocycles. The van der Waals surface area contributed by atoms with Crippen LogP contribution < -0.4 is 10.1 Å². The zero-order valence-electron chi connectivity index (χ0n) is 14.3. The quantitative estimate of drug-likeness (QED) is 0.714. The van der Waals surface area contributed by atoms with Crippen molar-refractivity contribution in [1.82, 2.24) is 10.2 Å². The maximum absolute atomic E-state index is 12.1. The number of anilines is 1. The van der Waals surface area contributed by atoms with Gasteiger partial charge in [0.05, 0.1) is 6.42 Å². The number of nitrogens with one attached hydrogen (secondary N) is 2. The summed E-state index contributed by atoms with van der Waals surface area (Å²) in [7, 11) is 0. The standard InChI is InChI=1S/C20H21N3O2/c1-14-12-18(25-15(2)16-6-4-3-5-7-16)8-9-19(14)22-20(24)13-17-10-11-21-23-17/h3-12,15H,13H2,1-2H3,(H,21,23)(H,22,24). The molecule has 0 aliphatic rings. The van der Waals surface area contributed by atoms with Crippen molar-refractivity contribution in [3.05, 3.63) is 77.6 Å². The first kappa shape index (κ1) is 16.8. The number of benzene rings is 2. The normalized spacial score (nSPS) is 11.8. The van der Waals surface area contributed by atoms with E-state index in [0.29, 0.717) is 0 Å². The third-order valence-corrected chi connectivity index (χ3v) is 3.96. The smallest absolute Gasteiger partial charge is 0.230 e. The van der Waals surface area contributed by atoms with E-state index in [1.807, 2.05) is 62.4 Å². The fourth-order valence-corrected chi connectivity index (χ4v) is 2.60. The number of H-pyrrole nitrogens is 1. The summed E-state index contributed by atoms with van der Waals surface area (Å²) in [6, 6.07) is 17.5. The van der Waals surface area contributed by atoms with Gasteiger partial charge in [0.25, 0.3) is 0 Å². The van der Waals surface area contributed by atoms with Crippen molar-refractivity contribution in [3.63, 3.8) is 0 Å². The Bertz CT molecular complexity index is 829. The summed E-state index contributed by atoms with van der Waals surface area (Å²) >= 11 is 0. The number of rotatable bonds is 6. The van der Waals surface area contributed by atoms with Crippen LogP contribution in [0.25, 0.3) is 0 Å². The lowest BCUT2D eigenvalue weighted by Crippen LogP contribution is -2.15. The number of ether oxygens (including phenoxy) is 1. The van der Waals surface area contributed by atoms with E-state index in [0.717, 1.165) is 28.3 Å². The Morgan fingerprint density at radius 1 is 1.20 bits per heavy atom. The Hall–Kier alpha value is -3.08. The van der Waals surface area contributed by atoms with E-state index in [4.69, 9.17) is 4.74 Å². The third-order valence-electron chi connectivity index (χ3n) is 3.96. The van der Waals surface area contributed by atoms with Crippen LogP contribution in [0.15, 0.2) is 60.8 Å². The monoisotopic (exact) mass is 335 g/mol. The minimum Gasteiger partial charge on any atom is -0.486 e. The third kappa shape index (κ3) is 4.47. The van der Waals surface area contributed by atoms with Crippen molar-refractivity contribution in [3.8, 4) is 5.75 Å². The molecule has 0 bridgehead atoms. The van der Waals surface area contributed by atoms with E-state index in [9.17, 15) is 4.79 Å². The summed E-state index contributed by atoms with van der Waals surface area (Å²) in [5.74, 6) is 0.694. The first-order chi connectivity index (χ1) is 12.1. The van der Waals surface area contributed by atoms with Crippen LogP contribution in [0.2, 0.25) is 0 Å². The maximum Gasteiger partial charge on any atom is 0.230 e. The predicted molar refractivity (Wildman–Crippen MR) is 97.6 cm³/mol. The molecule has 2 aromatic carbocycles. The van der Waals surface area contributed by atoms with Gasteiger partial charge in [-0.3, -0.25) is 9.89 Å². The predicted octanol–water partition coefficient (Wildman–Crippen LogP) is 4.04. The van der Waals surface area contributed by atoms with Gasteiger partial charge in [-0.1, -0.05) is 30.3 Å². The van der Waals surface area contributed by atoms with E-state index >= 15 is 0 Å². The van der Waals surface area contributed by atoms with Gasteiger partial charge in [-0.2, -0.15) is 5.10 Å². The Balaban J connectivity index is 1.63. The summed E-state index contributed by atoms with van der Waals surface area (Å²) in [4.78, 5) is 12.1. The minimum atomic E-state index is -0.0846. The largest absolute Gasteiger partial charge is 0.486 e. The number of amides is 1. The zero-order valence-corrected chi connectivity index (χ0v) is 14.3. The van der Waals surface area contributed by atoms with Crippen LogP contribution in [0.1, 0.15) is 29.8 Å². The number of hydrogen-bond acceptors (Lipinski definition) is 3. The Morgan fingerprint density at radius 2 is 2.00 bits per heavy atom. The number of hydrogen-bond donors (Lipinski definition) is 2. The highest BCUT2D eigenvalue weighted by atomic mass is 16.5. The molecular weight excluding hydrogens is 314 g/mol. The van der Waals surface area contributed by atoms with Crippen molar-refractivity contribution in [1.29, 1.82) is 0 Å². The molecule has 3 aromatic rings. The maximum atomic E-state index is 12.1. The molecule has 0 fully saturated rings. The molecule has 1 atom stereocenters. The second-order valence-electron chi connectivity index (χ2n) is 5.95. The lowest BCUT2D eigenvalue weighted by Gasteiger charge is -2.16. The zero-order chi connectivity index (χ0) is 17.6. The number of aryl methyl sites for hydroxylation is 1. The van der Waals surface area contributed by atoms with Gasteiger partial charge in [0.2, 0.25) is 5.91 Å². The lowest BCUT2D eigenvalue weighted by atomic mass is 10.1. The van der Waals surface area contributed by atoms with Gasteiger partial charge < -0.3 is 10.1 Å². The van der Waals surface area contributed by atoms with Crippen molar-refractivity contribution in [2.75, 3.05) is 5.32 Å². The molecule has 0 aliphatic carbocycles. The van der Waals surface area contributed by atoms with Gasteiger partial charge in [-0.15, -0.1) is 0 Å². The second-order valence-corrected chi connectivity index (χ2v) is 5.95. The van der Waals surface area contributed by atoms with Crippen LogP contribution in [-0.4, -0.2) is 16.1 Å². The van der Waals surface area contributed by atoms with Gasteiger partial charge in [0.1, 0.15) is 11.9 Å². The second kappa shape index (κ2) is 7.66. The van der Waals surface area contributed by atoms with Crippen molar-refractivity contribution < 1.29 is 9.53 Å². The molecule has 25 heavy (non-hydrogen) atoms. The fraction of sp³-hybridized carbons (Fsp3) is 0.200. The number of aromatic amines is 1. The van der Waals surface area contributed by atoms with Crippen LogP contribution in [0.4, 0.5) is 5.69 Å². The Morgan fingerprint density at radius 3 is 2.68 bits per heavy atom. The fourth-order valence-electron chi connectivity index (χ4n) is 2.60. The highest BCUT2D eigenvalue weighted by molar-refractivity contribution is 5.92. The SMILES string of the molecule is Cc1cc(OC(C)c2ccccc2)ccc1NC(=O)Cc1ccn[nH]1. The van der Waals surface area contributed by atoms with Crippen LogP contribution >= 0.6 is 0 Å². The molecule has 128 valence electrons. The molecule has 0 saturated carbocycles. The van der Waals surface area contributed by atoms with Crippen LogP contribution in [0.5, 0.6) is 5.75 Å². The molecule has 0 radical (unpaired) electrons. The summed E-state index contributed by atoms with van der Waals surface area (Å²) in [5.41, 5.74) is 3.64. The van der Waals surface area contributed by atoms with Crippen LogP contribution in [0, 0.1) is 6.92 Å². The molecule has 1 unspecified atom stereocenters. The van der Waals surface area contributed by atoms with E-state index in [-0.39, 0.29) is 18.4 Å². The first-order valence-corrected chi connectivity index (χ1v) is 8.22. The van der Waals surface area contributed by atoms with E-state index in [1.54, 1.807) is 12.3 Å². The van der Waals surface area contributed by atoms with E-state index in [2.05, 4.69) is 15.5 Å². The molecular formula is C20H21N3O2. The highest BCUT2D eigenvalue weighted by Crippen LogP contribution is 2.26. The van der Waals surface area contributed by atoms with Crippen molar-refractivity contribution >= 4 is 11.6 Å². The summed E-state index contributed by atoms with van der Waals surface area (Å²) in [5, 5.41) is 9.54. The summed E-state index contributed by atoms with van der Waals surface area (Å²) < 4.78 is 6.00. The van der Waals surface area contributed by atoms with Crippen molar-refractivity contribution in [2.45, 2.75) is 26.4 Å². The average Bonchev–Trinajstić information content (AvgIpc) is 3.11. The van der Waals surface area contributed by atoms with Gasteiger partial charge in [-0.25, -0.2) is 0 Å². The topological polar surface area (TPSA) is 67.0 Å². The van der Waals surface area contributed by atoms with Crippen LogP contribution in [-0.2, 0) is 11.2 Å². The average molecular weight is 335 g/mol. The Labute approximate surface area is 147 Å². The molecule has 1 amide bonds.